The molecule has 4 heteroatoms. The summed E-state index contributed by atoms with van der Waals surface area (Å²) in [4.78, 5) is 6.97. The first-order chi connectivity index (χ1) is 7.61. The Hall–Kier alpha value is -1.03. The lowest BCUT2D eigenvalue weighted by Gasteiger charge is -2.19. The van der Waals surface area contributed by atoms with Crippen molar-refractivity contribution in [3.05, 3.63) is 11.9 Å². The standard InChI is InChI=1S/C12H22N4/c1-4-15-7-9(2)14-12(15)16-6-5-11(8-16)10(3)13/h7,10-11H,4-6,8,13H2,1-3H3. The SMILES string of the molecule is CCn1cc(C)nc1N1CCC(C(C)N)C1. The summed E-state index contributed by atoms with van der Waals surface area (Å²) >= 11 is 0. The molecule has 1 fully saturated rings. The van der Waals surface area contributed by atoms with Gasteiger partial charge in [-0.25, -0.2) is 4.98 Å². The number of hydrogen-bond donors (Lipinski definition) is 1. The van der Waals surface area contributed by atoms with Crippen LogP contribution in [0.5, 0.6) is 0 Å². The van der Waals surface area contributed by atoms with Crippen molar-refractivity contribution in [3.63, 3.8) is 0 Å². The third kappa shape index (κ3) is 2.07. The number of nitrogens with zero attached hydrogens (tertiary/aromatic N) is 3. The van der Waals surface area contributed by atoms with Gasteiger partial charge in [0.1, 0.15) is 0 Å². The molecule has 2 atom stereocenters. The molecule has 0 saturated carbocycles. The van der Waals surface area contributed by atoms with Gasteiger partial charge in [-0.2, -0.15) is 0 Å². The fourth-order valence-electron chi connectivity index (χ4n) is 2.42. The Balaban J connectivity index is 2.13. The van der Waals surface area contributed by atoms with Gasteiger partial charge < -0.3 is 15.2 Å². The van der Waals surface area contributed by atoms with Gasteiger partial charge in [0.2, 0.25) is 5.95 Å². The predicted molar refractivity (Wildman–Crippen MR) is 66.6 cm³/mol. The van der Waals surface area contributed by atoms with Gasteiger partial charge in [0.05, 0.1) is 5.69 Å². The van der Waals surface area contributed by atoms with Gasteiger partial charge in [-0.15, -0.1) is 0 Å². The maximum Gasteiger partial charge on any atom is 0.205 e. The Morgan fingerprint density at radius 3 is 2.94 bits per heavy atom. The summed E-state index contributed by atoms with van der Waals surface area (Å²) in [5.41, 5.74) is 7.06. The summed E-state index contributed by atoms with van der Waals surface area (Å²) in [5, 5.41) is 0. The molecule has 90 valence electrons. The van der Waals surface area contributed by atoms with Crippen LogP contribution in [0.3, 0.4) is 0 Å². The van der Waals surface area contributed by atoms with Gasteiger partial charge in [-0.1, -0.05) is 0 Å². The average molecular weight is 222 g/mol. The molecule has 0 spiro atoms. The van der Waals surface area contributed by atoms with E-state index in [1.807, 2.05) is 0 Å². The number of nitrogens with two attached hydrogens (primary N) is 1. The van der Waals surface area contributed by atoms with Crippen molar-refractivity contribution < 1.29 is 0 Å². The lowest BCUT2D eigenvalue weighted by atomic mass is 10.0. The predicted octanol–water partition coefficient (Wildman–Crippen LogP) is 1.38. The van der Waals surface area contributed by atoms with Crippen molar-refractivity contribution >= 4 is 5.95 Å². The van der Waals surface area contributed by atoms with Crippen molar-refractivity contribution in [3.8, 4) is 0 Å². The largest absolute Gasteiger partial charge is 0.342 e. The number of rotatable bonds is 3. The molecule has 1 aliphatic heterocycles. The molecule has 2 unspecified atom stereocenters. The summed E-state index contributed by atoms with van der Waals surface area (Å²) in [7, 11) is 0. The van der Waals surface area contributed by atoms with Crippen LogP contribution in [0.25, 0.3) is 0 Å². The van der Waals surface area contributed by atoms with E-state index in [0.717, 1.165) is 31.3 Å². The molecular formula is C12H22N4. The highest BCUT2D eigenvalue weighted by Gasteiger charge is 2.27. The minimum absolute atomic E-state index is 0.288. The highest BCUT2D eigenvalue weighted by molar-refractivity contribution is 5.35. The maximum absolute atomic E-state index is 5.96. The number of aromatic nitrogens is 2. The zero-order valence-electron chi connectivity index (χ0n) is 10.5. The molecule has 0 bridgehead atoms. The van der Waals surface area contributed by atoms with Gasteiger partial charge in [0, 0.05) is 31.9 Å². The van der Waals surface area contributed by atoms with Crippen LogP contribution in [0.2, 0.25) is 0 Å². The van der Waals surface area contributed by atoms with E-state index in [4.69, 9.17) is 5.73 Å². The summed E-state index contributed by atoms with van der Waals surface area (Å²) in [6.07, 6.45) is 3.31. The van der Waals surface area contributed by atoms with Gasteiger partial charge >= 0.3 is 0 Å². The van der Waals surface area contributed by atoms with Gasteiger partial charge in [-0.3, -0.25) is 0 Å². The summed E-state index contributed by atoms with van der Waals surface area (Å²) in [5.74, 6) is 1.73. The van der Waals surface area contributed by atoms with Crippen molar-refractivity contribution in [2.24, 2.45) is 11.7 Å². The fraction of sp³-hybridized carbons (Fsp3) is 0.750. The smallest absolute Gasteiger partial charge is 0.205 e. The molecule has 4 nitrogen and oxygen atoms in total. The third-order valence-electron chi connectivity index (χ3n) is 3.47. The highest BCUT2D eigenvalue weighted by atomic mass is 15.3. The zero-order chi connectivity index (χ0) is 11.7. The van der Waals surface area contributed by atoms with E-state index in [0.29, 0.717) is 5.92 Å². The van der Waals surface area contributed by atoms with Crippen LogP contribution in [0.15, 0.2) is 6.20 Å². The Morgan fingerprint density at radius 1 is 1.62 bits per heavy atom. The molecule has 1 aromatic rings. The van der Waals surface area contributed by atoms with Gasteiger partial charge in [0.25, 0.3) is 0 Å². The molecule has 0 aromatic carbocycles. The molecule has 1 aliphatic rings. The van der Waals surface area contributed by atoms with E-state index in [2.05, 4.69) is 41.4 Å². The second-order valence-corrected chi connectivity index (χ2v) is 4.82. The summed E-state index contributed by atoms with van der Waals surface area (Å²) in [6.45, 7) is 9.43. The molecule has 1 aromatic heterocycles. The third-order valence-corrected chi connectivity index (χ3v) is 3.47. The lowest BCUT2D eigenvalue weighted by Crippen LogP contribution is -2.30. The highest BCUT2D eigenvalue weighted by Crippen LogP contribution is 2.24. The van der Waals surface area contributed by atoms with E-state index in [9.17, 15) is 0 Å². The second-order valence-electron chi connectivity index (χ2n) is 4.82. The minimum atomic E-state index is 0.288. The van der Waals surface area contributed by atoms with Crippen molar-refractivity contribution in [1.29, 1.82) is 0 Å². The number of anilines is 1. The van der Waals surface area contributed by atoms with Crippen LogP contribution in [0.1, 0.15) is 26.0 Å². The van der Waals surface area contributed by atoms with E-state index >= 15 is 0 Å². The summed E-state index contributed by atoms with van der Waals surface area (Å²) in [6, 6.07) is 0.288. The second kappa shape index (κ2) is 4.45. The maximum atomic E-state index is 5.96. The molecule has 16 heavy (non-hydrogen) atoms. The van der Waals surface area contributed by atoms with E-state index in [1.165, 1.54) is 6.42 Å². The van der Waals surface area contributed by atoms with E-state index < -0.39 is 0 Å². The molecule has 0 radical (unpaired) electrons. The van der Waals surface area contributed by atoms with Crippen LogP contribution < -0.4 is 10.6 Å². The first-order valence-electron chi connectivity index (χ1n) is 6.16. The van der Waals surface area contributed by atoms with E-state index in [-0.39, 0.29) is 6.04 Å². The fourth-order valence-corrected chi connectivity index (χ4v) is 2.42. The monoisotopic (exact) mass is 222 g/mol. The zero-order valence-corrected chi connectivity index (χ0v) is 10.5. The average Bonchev–Trinajstić information content (AvgIpc) is 2.82. The van der Waals surface area contributed by atoms with Crippen LogP contribution in [0, 0.1) is 12.8 Å². The van der Waals surface area contributed by atoms with Crippen LogP contribution in [0.4, 0.5) is 5.95 Å². The van der Waals surface area contributed by atoms with Crippen molar-refractivity contribution in [2.45, 2.75) is 39.8 Å². The Labute approximate surface area is 97.4 Å². The molecule has 2 heterocycles. The molecule has 0 amide bonds. The summed E-state index contributed by atoms with van der Waals surface area (Å²) < 4.78 is 2.22. The quantitative estimate of drug-likeness (QED) is 0.840. The molecule has 1 saturated heterocycles. The normalized spacial score (nSPS) is 22.8. The number of aryl methyl sites for hydroxylation is 2. The number of hydrogen-bond acceptors (Lipinski definition) is 3. The first-order valence-corrected chi connectivity index (χ1v) is 6.16. The van der Waals surface area contributed by atoms with Crippen LogP contribution in [-0.2, 0) is 6.54 Å². The minimum Gasteiger partial charge on any atom is -0.342 e. The van der Waals surface area contributed by atoms with Crippen LogP contribution in [-0.4, -0.2) is 28.7 Å². The van der Waals surface area contributed by atoms with Crippen molar-refractivity contribution in [1.82, 2.24) is 9.55 Å². The lowest BCUT2D eigenvalue weighted by molar-refractivity contribution is 0.487. The molecule has 0 aliphatic carbocycles. The Kier molecular flexibility index (Phi) is 3.19. The van der Waals surface area contributed by atoms with Crippen LogP contribution >= 0.6 is 0 Å². The molecule has 2 rings (SSSR count). The van der Waals surface area contributed by atoms with Crippen molar-refractivity contribution in [2.75, 3.05) is 18.0 Å². The van der Waals surface area contributed by atoms with E-state index in [1.54, 1.807) is 0 Å². The van der Waals surface area contributed by atoms with Gasteiger partial charge in [-0.05, 0) is 33.1 Å². The van der Waals surface area contributed by atoms with Gasteiger partial charge in [0.15, 0.2) is 0 Å². The molecular weight excluding hydrogens is 200 g/mol. The molecule has 2 N–H and O–H groups in total. The Bertz CT molecular complexity index is 356. The first kappa shape index (κ1) is 11.5. The number of imidazole rings is 1. The topological polar surface area (TPSA) is 47.1 Å². The Morgan fingerprint density at radius 2 is 2.38 bits per heavy atom.